The summed E-state index contributed by atoms with van der Waals surface area (Å²) < 4.78 is 8.62. The standard InChI is InChI=1S/C13H10BrN3O/c14-10-4-6-11(7-5-10)18-9-13-16-15-12-3-1-2-8-17(12)13/h1-8H,9H2. The second kappa shape index (κ2) is 4.78. The number of ether oxygens (including phenoxy) is 1. The summed E-state index contributed by atoms with van der Waals surface area (Å²) in [6.45, 7) is 0.396. The molecular formula is C13H10BrN3O. The van der Waals surface area contributed by atoms with Gasteiger partial charge in [-0.3, -0.25) is 4.40 Å². The van der Waals surface area contributed by atoms with E-state index in [-0.39, 0.29) is 0 Å². The van der Waals surface area contributed by atoms with Crippen LogP contribution in [-0.4, -0.2) is 14.6 Å². The van der Waals surface area contributed by atoms with Crippen LogP contribution in [0, 0.1) is 0 Å². The number of pyridine rings is 1. The van der Waals surface area contributed by atoms with Gasteiger partial charge in [0.1, 0.15) is 12.4 Å². The summed E-state index contributed by atoms with van der Waals surface area (Å²) in [6.07, 6.45) is 1.93. The van der Waals surface area contributed by atoms with Crippen molar-refractivity contribution in [3.8, 4) is 5.75 Å². The molecule has 0 saturated heterocycles. The summed E-state index contributed by atoms with van der Waals surface area (Å²) in [5.41, 5.74) is 0.826. The van der Waals surface area contributed by atoms with Crippen molar-refractivity contribution < 1.29 is 4.74 Å². The lowest BCUT2D eigenvalue weighted by Crippen LogP contribution is -2.00. The van der Waals surface area contributed by atoms with Crippen molar-refractivity contribution in [2.45, 2.75) is 6.61 Å². The molecule has 0 radical (unpaired) electrons. The molecule has 90 valence electrons. The van der Waals surface area contributed by atoms with E-state index in [1.54, 1.807) is 0 Å². The van der Waals surface area contributed by atoms with Gasteiger partial charge < -0.3 is 4.74 Å². The summed E-state index contributed by atoms with van der Waals surface area (Å²) in [6, 6.07) is 13.5. The quantitative estimate of drug-likeness (QED) is 0.746. The molecule has 0 bridgehead atoms. The van der Waals surface area contributed by atoms with Crippen LogP contribution in [0.25, 0.3) is 5.65 Å². The zero-order valence-electron chi connectivity index (χ0n) is 9.45. The molecule has 3 aromatic rings. The third kappa shape index (κ3) is 2.22. The molecule has 1 aromatic carbocycles. The average Bonchev–Trinajstić information content (AvgIpc) is 2.82. The number of fused-ring (bicyclic) bond motifs is 1. The molecule has 0 unspecified atom stereocenters. The second-order valence-electron chi connectivity index (χ2n) is 3.79. The normalized spacial score (nSPS) is 10.7. The number of halogens is 1. The first-order valence-corrected chi connectivity index (χ1v) is 6.29. The van der Waals surface area contributed by atoms with E-state index >= 15 is 0 Å². The first-order valence-electron chi connectivity index (χ1n) is 5.50. The number of benzene rings is 1. The van der Waals surface area contributed by atoms with Crippen LogP contribution in [0.5, 0.6) is 5.75 Å². The Kier molecular flexibility index (Phi) is 2.98. The Hall–Kier alpha value is -1.88. The Bertz CT molecular complexity index is 663. The Morgan fingerprint density at radius 2 is 1.89 bits per heavy atom. The minimum absolute atomic E-state index is 0.396. The SMILES string of the molecule is Brc1ccc(OCc2nnc3ccccn23)cc1. The number of hydrogen-bond donors (Lipinski definition) is 0. The summed E-state index contributed by atoms with van der Waals surface area (Å²) in [5.74, 6) is 1.60. The second-order valence-corrected chi connectivity index (χ2v) is 4.70. The van der Waals surface area contributed by atoms with Crippen LogP contribution >= 0.6 is 15.9 Å². The van der Waals surface area contributed by atoms with Gasteiger partial charge in [-0.05, 0) is 36.4 Å². The third-order valence-electron chi connectivity index (χ3n) is 2.57. The van der Waals surface area contributed by atoms with Gasteiger partial charge in [-0.25, -0.2) is 0 Å². The van der Waals surface area contributed by atoms with E-state index in [2.05, 4.69) is 26.1 Å². The van der Waals surface area contributed by atoms with Gasteiger partial charge >= 0.3 is 0 Å². The highest BCUT2D eigenvalue weighted by Gasteiger charge is 2.04. The fourth-order valence-electron chi connectivity index (χ4n) is 1.67. The topological polar surface area (TPSA) is 39.4 Å². The lowest BCUT2D eigenvalue weighted by molar-refractivity contribution is 0.294. The maximum atomic E-state index is 5.67. The van der Waals surface area contributed by atoms with Crippen LogP contribution in [0.4, 0.5) is 0 Å². The van der Waals surface area contributed by atoms with E-state index in [1.807, 2.05) is 53.1 Å². The molecular weight excluding hydrogens is 294 g/mol. The number of aromatic nitrogens is 3. The van der Waals surface area contributed by atoms with Gasteiger partial charge in [-0.15, -0.1) is 10.2 Å². The molecule has 0 spiro atoms. The van der Waals surface area contributed by atoms with Gasteiger partial charge in [0.05, 0.1) is 0 Å². The lowest BCUT2D eigenvalue weighted by Gasteiger charge is -2.04. The van der Waals surface area contributed by atoms with Crippen molar-refractivity contribution in [1.82, 2.24) is 14.6 Å². The first kappa shape index (κ1) is 11.2. The minimum atomic E-state index is 0.396. The molecule has 0 amide bonds. The zero-order chi connectivity index (χ0) is 12.4. The Labute approximate surface area is 112 Å². The van der Waals surface area contributed by atoms with E-state index in [9.17, 15) is 0 Å². The molecule has 5 heteroatoms. The van der Waals surface area contributed by atoms with Crippen LogP contribution in [0.15, 0.2) is 53.1 Å². The van der Waals surface area contributed by atoms with Crippen molar-refractivity contribution in [3.63, 3.8) is 0 Å². The number of nitrogens with zero attached hydrogens (tertiary/aromatic N) is 3. The monoisotopic (exact) mass is 303 g/mol. The predicted octanol–water partition coefficient (Wildman–Crippen LogP) is 3.07. The highest BCUT2D eigenvalue weighted by Crippen LogP contribution is 2.17. The molecule has 18 heavy (non-hydrogen) atoms. The van der Waals surface area contributed by atoms with Crippen LogP contribution in [0.3, 0.4) is 0 Å². The molecule has 2 heterocycles. The average molecular weight is 304 g/mol. The summed E-state index contributed by atoms with van der Waals surface area (Å²) in [7, 11) is 0. The van der Waals surface area contributed by atoms with Gasteiger partial charge in [0.2, 0.25) is 0 Å². The van der Waals surface area contributed by atoms with Crippen molar-refractivity contribution in [3.05, 3.63) is 59.0 Å². The summed E-state index contributed by atoms with van der Waals surface area (Å²) >= 11 is 3.39. The first-order chi connectivity index (χ1) is 8.83. The summed E-state index contributed by atoms with van der Waals surface area (Å²) in [4.78, 5) is 0. The van der Waals surface area contributed by atoms with Crippen molar-refractivity contribution >= 4 is 21.6 Å². The molecule has 0 saturated carbocycles. The van der Waals surface area contributed by atoms with Gasteiger partial charge in [-0.2, -0.15) is 0 Å². The van der Waals surface area contributed by atoms with Gasteiger partial charge in [-0.1, -0.05) is 22.0 Å². The number of hydrogen-bond acceptors (Lipinski definition) is 3. The van der Waals surface area contributed by atoms with E-state index in [1.165, 1.54) is 0 Å². The van der Waals surface area contributed by atoms with E-state index in [0.29, 0.717) is 6.61 Å². The third-order valence-corrected chi connectivity index (χ3v) is 3.09. The fraction of sp³-hybridized carbons (Fsp3) is 0.0769. The maximum absolute atomic E-state index is 5.67. The van der Waals surface area contributed by atoms with Gasteiger partial charge in [0, 0.05) is 10.7 Å². The Morgan fingerprint density at radius 1 is 1.06 bits per heavy atom. The van der Waals surface area contributed by atoms with Crippen molar-refractivity contribution in [2.24, 2.45) is 0 Å². The van der Waals surface area contributed by atoms with E-state index in [0.717, 1.165) is 21.7 Å². The molecule has 0 atom stereocenters. The van der Waals surface area contributed by atoms with Crippen molar-refractivity contribution in [1.29, 1.82) is 0 Å². The summed E-state index contributed by atoms with van der Waals surface area (Å²) in [5, 5.41) is 8.18. The van der Waals surface area contributed by atoms with Crippen LogP contribution in [-0.2, 0) is 6.61 Å². The molecule has 0 aliphatic heterocycles. The largest absolute Gasteiger partial charge is 0.486 e. The van der Waals surface area contributed by atoms with Crippen LogP contribution in [0.2, 0.25) is 0 Å². The molecule has 0 fully saturated rings. The highest BCUT2D eigenvalue weighted by molar-refractivity contribution is 9.10. The van der Waals surface area contributed by atoms with Gasteiger partial charge in [0.15, 0.2) is 11.5 Å². The van der Waals surface area contributed by atoms with Gasteiger partial charge in [0.25, 0.3) is 0 Å². The molecule has 4 nitrogen and oxygen atoms in total. The predicted molar refractivity (Wildman–Crippen MR) is 71.5 cm³/mol. The Balaban J connectivity index is 1.79. The molecule has 0 aliphatic rings. The molecule has 3 rings (SSSR count). The maximum Gasteiger partial charge on any atom is 0.175 e. The smallest absolute Gasteiger partial charge is 0.175 e. The van der Waals surface area contributed by atoms with Crippen LogP contribution < -0.4 is 4.74 Å². The van der Waals surface area contributed by atoms with E-state index in [4.69, 9.17) is 4.74 Å². The van der Waals surface area contributed by atoms with Crippen molar-refractivity contribution in [2.75, 3.05) is 0 Å². The molecule has 0 aliphatic carbocycles. The van der Waals surface area contributed by atoms with Crippen LogP contribution in [0.1, 0.15) is 5.82 Å². The number of rotatable bonds is 3. The highest BCUT2D eigenvalue weighted by atomic mass is 79.9. The molecule has 2 aromatic heterocycles. The zero-order valence-corrected chi connectivity index (χ0v) is 11.0. The minimum Gasteiger partial charge on any atom is -0.486 e. The lowest BCUT2D eigenvalue weighted by atomic mass is 10.3. The fourth-order valence-corrected chi connectivity index (χ4v) is 1.93. The Morgan fingerprint density at radius 3 is 2.72 bits per heavy atom. The van der Waals surface area contributed by atoms with E-state index < -0.39 is 0 Å². The molecule has 0 N–H and O–H groups in total.